The molecule has 0 saturated carbocycles. The number of fused-ring (bicyclic) bond motifs is 1. The van der Waals surface area contributed by atoms with E-state index in [0.717, 1.165) is 24.9 Å². The lowest BCUT2D eigenvalue weighted by Crippen LogP contribution is -2.47. The van der Waals surface area contributed by atoms with Gasteiger partial charge >= 0.3 is 0 Å². The molecule has 0 aliphatic carbocycles. The zero-order chi connectivity index (χ0) is 28.2. The summed E-state index contributed by atoms with van der Waals surface area (Å²) in [4.78, 5) is 37.0. The van der Waals surface area contributed by atoms with Gasteiger partial charge < -0.3 is 20.6 Å². The highest BCUT2D eigenvalue weighted by Gasteiger charge is 2.18. The third kappa shape index (κ3) is 5.67. The van der Waals surface area contributed by atoms with Gasteiger partial charge in [-0.15, -0.1) is 0 Å². The van der Waals surface area contributed by atoms with Crippen molar-refractivity contribution in [2.24, 2.45) is 0 Å². The van der Waals surface area contributed by atoms with E-state index in [0.29, 0.717) is 25.3 Å². The van der Waals surface area contributed by atoms with Gasteiger partial charge in [-0.2, -0.15) is 4.98 Å². The molecule has 40 heavy (non-hydrogen) atoms. The minimum absolute atomic E-state index is 0.00707. The van der Waals surface area contributed by atoms with E-state index in [1.807, 2.05) is 0 Å². The van der Waals surface area contributed by atoms with E-state index in [4.69, 9.17) is 5.11 Å². The van der Waals surface area contributed by atoms with E-state index in [1.54, 1.807) is 12.1 Å². The predicted octanol–water partition coefficient (Wildman–Crippen LogP) is 3.04. The highest BCUT2D eigenvalue weighted by Crippen LogP contribution is 2.26. The molecule has 1 amide bonds. The van der Waals surface area contributed by atoms with Gasteiger partial charge in [-0.05, 0) is 42.5 Å². The van der Waals surface area contributed by atoms with Crippen LogP contribution in [-0.2, 0) is 4.79 Å². The number of anilines is 4. The number of aromatic nitrogens is 3. The first-order valence-corrected chi connectivity index (χ1v) is 12.6. The van der Waals surface area contributed by atoms with Crippen LogP contribution >= 0.6 is 0 Å². The summed E-state index contributed by atoms with van der Waals surface area (Å²) in [5.74, 6) is -1.59. The summed E-state index contributed by atoms with van der Waals surface area (Å²) in [6.07, 6.45) is 3.76. The molecule has 12 heteroatoms. The topological polar surface area (TPSA) is 116 Å². The lowest BCUT2D eigenvalue weighted by molar-refractivity contribution is -0.111. The van der Waals surface area contributed by atoms with Crippen molar-refractivity contribution in [1.29, 1.82) is 0 Å². The highest BCUT2D eigenvalue weighted by atomic mass is 19.1. The minimum Gasteiger partial charge on any atom is -0.395 e. The molecule has 0 unspecified atom stereocenters. The highest BCUT2D eigenvalue weighted by molar-refractivity contribution is 5.99. The monoisotopic (exact) mass is 547 g/mol. The molecule has 10 nitrogen and oxygen atoms in total. The number of β-amino-alcohol motifs (C(OH)–C–C–N with tert-alkyl or cyclic N) is 1. The van der Waals surface area contributed by atoms with Crippen molar-refractivity contribution in [2.75, 3.05) is 54.9 Å². The first kappa shape index (κ1) is 26.9. The summed E-state index contributed by atoms with van der Waals surface area (Å²) < 4.78 is 31.4. The second-order valence-electron chi connectivity index (χ2n) is 9.18. The molecule has 3 heterocycles. The predicted molar refractivity (Wildman–Crippen MR) is 149 cm³/mol. The number of carbonyl (C=O) groups excluding carboxylic acids is 1. The number of halogens is 2. The van der Waals surface area contributed by atoms with Gasteiger partial charge in [-0.25, -0.2) is 13.8 Å². The molecule has 4 aromatic rings. The third-order valence-electron chi connectivity index (χ3n) is 6.65. The van der Waals surface area contributed by atoms with Crippen molar-refractivity contribution < 1.29 is 18.7 Å². The number of rotatable bonds is 8. The summed E-state index contributed by atoms with van der Waals surface area (Å²) in [6, 6.07) is 10.0. The van der Waals surface area contributed by atoms with Crippen LogP contribution in [0.5, 0.6) is 0 Å². The molecule has 0 spiro atoms. The summed E-state index contributed by atoms with van der Waals surface area (Å²) >= 11 is 0. The van der Waals surface area contributed by atoms with Gasteiger partial charge in [0.15, 0.2) is 11.1 Å². The minimum atomic E-state index is -0.617. The molecule has 1 aliphatic rings. The first-order chi connectivity index (χ1) is 19.4. The van der Waals surface area contributed by atoms with Crippen molar-refractivity contribution in [1.82, 2.24) is 19.4 Å². The molecule has 3 N–H and O–H groups in total. The molecular formula is C28H27F2N7O3. The second-order valence-corrected chi connectivity index (χ2v) is 9.18. The van der Waals surface area contributed by atoms with Gasteiger partial charge in [0.1, 0.15) is 11.6 Å². The summed E-state index contributed by atoms with van der Waals surface area (Å²) in [6.45, 7) is 7.12. The van der Waals surface area contributed by atoms with Crippen LogP contribution in [-0.4, -0.2) is 69.8 Å². The molecule has 1 saturated heterocycles. The van der Waals surface area contributed by atoms with Crippen LogP contribution in [0.1, 0.15) is 0 Å². The van der Waals surface area contributed by atoms with E-state index in [9.17, 15) is 14.0 Å². The Morgan fingerprint density at radius 2 is 1.88 bits per heavy atom. The van der Waals surface area contributed by atoms with Crippen LogP contribution in [0, 0.1) is 11.6 Å². The van der Waals surface area contributed by atoms with Crippen LogP contribution in [0.15, 0.2) is 72.3 Å². The normalized spacial score (nSPS) is 13.8. The quantitative estimate of drug-likeness (QED) is 0.289. The number of nitrogens with one attached hydrogen (secondary N) is 2. The lowest BCUT2D eigenvalue weighted by Gasteiger charge is -2.35. The Hall–Kier alpha value is -4.68. The number of hydrogen-bond donors (Lipinski definition) is 3. The maximum atomic E-state index is 15.1. The molecule has 2 aromatic heterocycles. The molecular weight excluding hydrogens is 520 g/mol. The largest absolute Gasteiger partial charge is 0.395 e. The number of pyridine rings is 1. The molecule has 2 aromatic carbocycles. The van der Waals surface area contributed by atoms with Gasteiger partial charge in [0.2, 0.25) is 11.9 Å². The second kappa shape index (κ2) is 11.6. The number of carbonyl (C=O) groups is 1. The standard InChI is InChI=1S/C28H27F2N7O3/c1-2-26(40)32-18-3-5-21(29)24(15-18)37-8-7-25(39)20-17-31-28(34-27(20)37)33-23-6-4-19(16-22(23)30)36-11-9-35(10-12-36)13-14-38/h2-8,15-17,38H,1,9-14H2,(H,32,40)(H,31,33,34). The van der Waals surface area contributed by atoms with E-state index in [-0.39, 0.29) is 40.4 Å². The van der Waals surface area contributed by atoms with Crippen LogP contribution < -0.4 is 21.0 Å². The average Bonchev–Trinajstić information content (AvgIpc) is 2.96. The Morgan fingerprint density at radius 3 is 2.60 bits per heavy atom. The average molecular weight is 548 g/mol. The zero-order valence-corrected chi connectivity index (χ0v) is 21.5. The molecule has 1 aliphatic heterocycles. The number of nitrogens with zero attached hydrogens (tertiary/aromatic N) is 5. The van der Waals surface area contributed by atoms with E-state index in [1.165, 1.54) is 47.3 Å². The maximum absolute atomic E-state index is 15.1. The van der Waals surface area contributed by atoms with Crippen LogP contribution in [0.4, 0.5) is 31.8 Å². The maximum Gasteiger partial charge on any atom is 0.247 e. The fourth-order valence-corrected chi connectivity index (χ4v) is 4.55. The smallest absolute Gasteiger partial charge is 0.247 e. The number of piperazine rings is 1. The molecule has 1 fully saturated rings. The number of benzene rings is 2. The van der Waals surface area contributed by atoms with Gasteiger partial charge in [-0.1, -0.05) is 6.58 Å². The number of amides is 1. The van der Waals surface area contributed by atoms with E-state index in [2.05, 4.69) is 37.0 Å². The number of hydrogen-bond acceptors (Lipinski definition) is 8. The van der Waals surface area contributed by atoms with Crippen LogP contribution in [0.3, 0.4) is 0 Å². The fourth-order valence-electron chi connectivity index (χ4n) is 4.55. The van der Waals surface area contributed by atoms with Gasteiger partial charge in [0, 0.05) is 62.6 Å². The van der Waals surface area contributed by atoms with Gasteiger partial charge in [0.25, 0.3) is 0 Å². The van der Waals surface area contributed by atoms with Crippen molar-refractivity contribution >= 4 is 40.0 Å². The lowest BCUT2D eigenvalue weighted by atomic mass is 10.2. The van der Waals surface area contributed by atoms with Gasteiger partial charge in [-0.3, -0.25) is 19.1 Å². The van der Waals surface area contributed by atoms with Crippen molar-refractivity contribution in [2.45, 2.75) is 0 Å². The van der Waals surface area contributed by atoms with Gasteiger partial charge in [0.05, 0.1) is 23.4 Å². The van der Waals surface area contributed by atoms with E-state index >= 15 is 4.39 Å². The Kier molecular flexibility index (Phi) is 7.80. The van der Waals surface area contributed by atoms with Crippen molar-refractivity contribution in [3.05, 3.63) is 89.4 Å². The number of aliphatic hydroxyl groups excluding tert-OH is 1. The third-order valence-corrected chi connectivity index (χ3v) is 6.65. The Bertz CT molecular complexity index is 1630. The molecule has 0 radical (unpaired) electrons. The number of aliphatic hydroxyl groups is 1. The Labute approximate surface area is 228 Å². The van der Waals surface area contributed by atoms with Crippen molar-refractivity contribution in [3.63, 3.8) is 0 Å². The first-order valence-electron chi connectivity index (χ1n) is 12.6. The van der Waals surface area contributed by atoms with Crippen LogP contribution in [0.2, 0.25) is 0 Å². The Balaban J connectivity index is 1.43. The fraction of sp³-hybridized carbons (Fsp3) is 0.214. The molecule has 5 rings (SSSR count). The molecule has 206 valence electrons. The van der Waals surface area contributed by atoms with Crippen molar-refractivity contribution in [3.8, 4) is 5.69 Å². The summed E-state index contributed by atoms with van der Waals surface area (Å²) in [7, 11) is 0. The van der Waals surface area contributed by atoms with E-state index < -0.39 is 17.5 Å². The van der Waals surface area contributed by atoms with Crippen LogP contribution in [0.25, 0.3) is 16.7 Å². The summed E-state index contributed by atoms with van der Waals surface area (Å²) in [5, 5.41) is 14.7. The Morgan fingerprint density at radius 1 is 1.07 bits per heavy atom. The zero-order valence-electron chi connectivity index (χ0n) is 21.5. The molecule has 0 bridgehead atoms. The summed E-state index contributed by atoms with van der Waals surface area (Å²) in [5.41, 5.74) is 0.938. The molecule has 0 atom stereocenters. The SMILES string of the molecule is C=CC(=O)Nc1ccc(F)c(-n2ccc(=O)c3cnc(Nc4ccc(N5CCN(CCO)CC5)cc4F)nc32)c1.